The first-order valence-electron chi connectivity index (χ1n) is 12.9. The molecule has 0 aliphatic carbocycles. The molecule has 0 fully saturated rings. The molecular weight excluding hydrogens is 478 g/mol. The monoisotopic (exact) mass is 499 g/mol. The van der Waals surface area contributed by atoms with Crippen molar-refractivity contribution in [1.82, 2.24) is 24.3 Å². The second-order valence-electron chi connectivity index (χ2n) is 9.57. The van der Waals surface area contributed by atoms with Crippen LogP contribution in [0.4, 0.5) is 0 Å². The average molecular weight is 500 g/mol. The number of nitrogens with zero attached hydrogens (tertiary/aromatic N) is 5. The van der Waals surface area contributed by atoms with E-state index in [1.165, 1.54) is 0 Å². The first-order chi connectivity index (χ1) is 19.3. The molecule has 182 valence electrons. The maximum absolute atomic E-state index is 5.19. The summed E-state index contributed by atoms with van der Waals surface area (Å²) in [6.07, 6.45) is 0. The van der Waals surface area contributed by atoms with E-state index in [0.717, 1.165) is 72.5 Å². The number of para-hydroxylation sites is 3. The van der Waals surface area contributed by atoms with E-state index in [9.17, 15) is 0 Å². The normalized spacial score (nSPS) is 11.6. The van der Waals surface area contributed by atoms with Crippen molar-refractivity contribution in [2.24, 2.45) is 0 Å². The second-order valence-corrected chi connectivity index (χ2v) is 9.57. The highest BCUT2D eigenvalue weighted by molar-refractivity contribution is 5.99. The van der Waals surface area contributed by atoms with Crippen molar-refractivity contribution in [2.75, 3.05) is 0 Å². The van der Waals surface area contributed by atoms with Crippen LogP contribution in [0.2, 0.25) is 0 Å². The quantitative estimate of drug-likeness (QED) is 0.247. The van der Waals surface area contributed by atoms with Crippen LogP contribution in [0.1, 0.15) is 0 Å². The zero-order chi connectivity index (χ0) is 25.8. The largest absolute Gasteiger partial charge is 0.276 e. The van der Waals surface area contributed by atoms with Gasteiger partial charge in [-0.1, -0.05) is 84.9 Å². The van der Waals surface area contributed by atoms with E-state index in [4.69, 9.17) is 19.9 Å². The fraction of sp³-hybridized carbons (Fsp3) is 0. The summed E-state index contributed by atoms with van der Waals surface area (Å²) in [4.78, 5) is 20.4. The van der Waals surface area contributed by atoms with Crippen LogP contribution in [0, 0.1) is 0 Å². The summed E-state index contributed by atoms with van der Waals surface area (Å²) < 4.78 is 2.16. The van der Waals surface area contributed by atoms with Gasteiger partial charge in [0.25, 0.3) is 0 Å². The van der Waals surface area contributed by atoms with Crippen LogP contribution >= 0.6 is 0 Å². The van der Waals surface area contributed by atoms with Crippen LogP contribution in [0.5, 0.6) is 0 Å². The topological polar surface area (TPSA) is 56.0 Å². The predicted molar refractivity (Wildman–Crippen MR) is 157 cm³/mol. The molecule has 0 radical (unpaired) electrons. The molecule has 0 N–H and O–H groups in total. The molecule has 3 aromatic heterocycles. The molecule has 8 aromatic rings. The summed E-state index contributed by atoms with van der Waals surface area (Å²) in [5, 5.41) is 1.02. The summed E-state index contributed by atoms with van der Waals surface area (Å²) in [5.74, 6) is 0.828. The Morgan fingerprint density at radius 2 is 1.03 bits per heavy atom. The molecule has 0 saturated carbocycles. The first-order valence-corrected chi connectivity index (χ1v) is 12.9. The van der Waals surface area contributed by atoms with Gasteiger partial charge in [0, 0.05) is 22.1 Å². The molecule has 0 spiro atoms. The van der Waals surface area contributed by atoms with E-state index in [-0.39, 0.29) is 0 Å². The second kappa shape index (κ2) is 8.57. The lowest BCUT2D eigenvalue weighted by Crippen LogP contribution is -1.99. The molecule has 5 aromatic carbocycles. The summed E-state index contributed by atoms with van der Waals surface area (Å²) in [6.45, 7) is 0. The van der Waals surface area contributed by atoms with Crippen LogP contribution in [-0.4, -0.2) is 24.3 Å². The number of benzene rings is 5. The van der Waals surface area contributed by atoms with Gasteiger partial charge in [0.05, 0.1) is 39.0 Å². The zero-order valence-electron chi connectivity index (χ0n) is 20.9. The lowest BCUT2D eigenvalue weighted by Gasteiger charge is -2.12. The molecule has 0 saturated heterocycles. The van der Waals surface area contributed by atoms with Crippen molar-refractivity contribution >= 4 is 38.6 Å². The number of fused-ring (bicyclic) bond motifs is 6. The lowest BCUT2D eigenvalue weighted by molar-refractivity contribution is 1.16. The number of hydrogen-bond acceptors (Lipinski definition) is 4. The van der Waals surface area contributed by atoms with Crippen LogP contribution in [0.25, 0.3) is 72.5 Å². The number of aromatic nitrogens is 5. The standard InChI is InChI=1S/C34H21N5/c1-3-11-22(12-4-1)31-32(23-13-5-2-6-14-23)36-29-21-24(19-20-27(29)35-31)33-37-26-16-8-7-15-25(26)34-38-28-17-9-10-18-30(28)39(33)34/h1-21H. The van der Waals surface area contributed by atoms with Gasteiger partial charge in [-0.2, -0.15) is 0 Å². The van der Waals surface area contributed by atoms with Crippen molar-refractivity contribution in [3.63, 3.8) is 0 Å². The number of imidazole rings is 1. The van der Waals surface area contributed by atoms with Gasteiger partial charge in [0.2, 0.25) is 0 Å². The molecule has 0 bridgehead atoms. The SMILES string of the molecule is c1ccc(-c2nc3ccc(-c4nc5ccccc5c5nc6ccccc6n45)cc3nc2-c2ccccc2)cc1. The highest BCUT2D eigenvalue weighted by atomic mass is 15.1. The molecule has 0 aliphatic heterocycles. The third kappa shape index (κ3) is 3.48. The van der Waals surface area contributed by atoms with Gasteiger partial charge in [0.1, 0.15) is 11.5 Å². The van der Waals surface area contributed by atoms with Gasteiger partial charge in [-0.05, 0) is 42.5 Å². The zero-order valence-corrected chi connectivity index (χ0v) is 20.9. The summed E-state index contributed by atoms with van der Waals surface area (Å²) in [5.41, 5.74) is 10.2. The van der Waals surface area contributed by atoms with Crippen LogP contribution in [-0.2, 0) is 0 Å². The molecule has 5 heteroatoms. The molecule has 0 aliphatic rings. The van der Waals surface area contributed by atoms with E-state index in [2.05, 4.69) is 52.9 Å². The molecular formula is C34H21N5. The smallest absolute Gasteiger partial charge is 0.149 e. The minimum atomic E-state index is 0.818. The predicted octanol–water partition coefficient (Wildman–Crippen LogP) is 7.98. The molecule has 0 unspecified atom stereocenters. The Bertz CT molecular complexity index is 2170. The van der Waals surface area contributed by atoms with Gasteiger partial charge in [-0.3, -0.25) is 4.40 Å². The molecule has 0 atom stereocenters. The fourth-order valence-electron chi connectivity index (χ4n) is 5.33. The van der Waals surface area contributed by atoms with Crippen molar-refractivity contribution in [3.05, 3.63) is 127 Å². The van der Waals surface area contributed by atoms with Crippen molar-refractivity contribution in [2.45, 2.75) is 0 Å². The Kier molecular flexibility index (Phi) is 4.76. The summed E-state index contributed by atoms with van der Waals surface area (Å²) in [7, 11) is 0. The van der Waals surface area contributed by atoms with Gasteiger partial charge in [-0.15, -0.1) is 0 Å². The van der Waals surface area contributed by atoms with Gasteiger partial charge in [0.15, 0.2) is 0 Å². The van der Waals surface area contributed by atoms with Crippen molar-refractivity contribution < 1.29 is 0 Å². The van der Waals surface area contributed by atoms with E-state index >= 15 is 0 Å². The average Bonchev–Trinajstić information content (AvgIpc) is 3.41. The van der Waals surface area contributed by atoms with E-state index in [0.29, 0.717) is 0 Å². The molecule has 0 amide bonds. The molecule has 8 rings (SSSR count). The van der Waals surface area contributed by atoms with Gasteiger partial charge in [-0.25, -0.2) is 19.9 Å². The van der Waals surface area contributed by atoms with E-state index in [1.54, 1.807) is 0 Å². The van der Waals surface area contributed by atoms with Crippen LogP contribution < -0.4 is 0 Å². The molecule has 5 nitrogen and oxygen atoms in total. The lowest BCUT2D eigenvalue weighted by atomic mass is 10.0. The first kappa shape index (κ1) is 21.6. The van der Waals surface area contributed by atoms with Crippen LogP contribution in [0.3, 0.4) is 0 Å². The minimum absolute atomic E-state index is 0.818. The number of rotatable bonds is 3. The summed E-state index contributed by atoms with van der Waals surface area (Å²) >= 11 is 0. The van der Waals surface area contributed by atoms with Crippen LogP contribution in [0.15, 0.2) is 127 Å². The Morgan fingerprint density at radius 1 is 0.410 bits per heavy atom. The van der Waals surface area contributed by atoms with E-state index in [1.807, 2.05) is 78.9 Å². The highest BCUT2D eigenvalue weighted by Crippen LogP contribution is 2.34. The summed E-state index contributed by atoms with van der Waals surface area (Å²) in [6, 6.07) is 43.1. The third-order valence-corrected chi connectivity index (χ3v) is 7.16. The van der Waals surface area contributed by atoms with Gasteiger partial charge < -0.3 is 0 Å². The Labute approximate surface area is 224 Å². The number of hydrogen-bond donors (Lipinski definition) is 0. The van der Waals surface area contributed by atoms with E-state index < -0.39 is 0 Å². The maximum Gasteiger partial charge on any atom is 0.149 e. The maximum atomic E-state index is 5.19. The fourth-order valence-corrected chi connectivity index (χ4v) is 5.33. The van der Waals surface area contributed by atoms with Crippen molar-refractivity contribution in [3.8, 4) is 33.9 Å². The van der Waals surface area contributed by atoms with Gasteiger partial charge >= 0.3 is 0 Å². The molecule has 39 heavy (non-hydrogen) atoms. The Hall–Kier alpha value is -5.42. The highest BCUT2D eigenvalue weighted by Gasteiger charge is 2.17. The minimum Gasteiger partial charge on any atom is -0.276 e. The Balaban J connectivity index is 1.42. The third-order valence-electron chi connectivity index (χ3n) is 7.16. The molecule has 3 heterocycles. The van der Waals surface area contributed by atoms with Crippen molar-refractivity contribution in [1.29, 1.82) is 0 Å². The Morgan fingerprint density at radius 3 is 1.77 bits per heavy atom.